The van der Waals surface area contributed by atoms with Gasteiger partial charge in [-0.25, -0.2) is 0 Å². The molecule has 0 atom stereocenters. The molecule has 0 aliphatic heterocycles. The molecule has 1 saturated carbocycles. The zero-order chi connectivity index (χ0) is 11.1. The smallest absolute Gasteiger partial charge is 0.221 e. The molecule has 1 rings (SSSR count). The van der Waals surface area contributed by atoms with Gasteiger partial charge in [0.1, 0.15) is 0 Å². The van der Waals surface area contributed by atoms with Gasteiger partial charge < -0.3 is 15.5 Å². The lowest BCUT2D eigenvalue weighted by molar-refractivity contribution is -0.121. The molecule has 0 aromatic heterocycles. The lowest BCUT2D eigenvalue weighted by Gasteiger charge is -2.09. The third-order valence-corrected chi connectivity index (χ3v) is 2.47. The minimum Gasteiger partial charge on any atom is -0.356 e. The van der Waals surface area contributed by atoms with E-state index in [1.54, 1.807) is 0 Å². The maximum atomic E-state index is 11.3. The molecule has 0 aromatic carbocycles. The van der Waals surface area contributed by atoms with E-state index in [1.165, 1.54) is 12.8 Å². The Balaban J connectivity index is 1.82. The Morgan fingerprint density at radius 1 is 1.33 bits per heavy atom. The second kappa shape index (κ2) is 6.80. The highest BCUT2D eigenvalue weighted by molar-refractivity contribution is 5.75. The summed E-state index contributed by atoms with van der Waals surface area (Å²) < 4.78 is 0. The molecule has 4 nitrogen and oxygen atoms in total. The number of carbonyl (C=O) groups excluding carboxylic acids is 1. The molecule has 0 spiro atoms. The van der Waals surface area contributed by atoms with Crippen molar-refractivity contribution in [1.82, 2.24) is 15.5 Å². The van der Waals surface area contributed by atoms with Crippen LogP contribution in [0.25, 0.3) is 0 Å². The van der Waals surface area contributed by atoms with Gasteiger partial charge in [0.15, 0.2) is 0 Å². The number of hydrogen-bond acceptors (Lipinski definition) is 3. The number of nitrogens with zero attached hydrogens (tertiary/aromatic N) is 1. The van der Waals surface area contributed by atoms with Crippen LogP contribution in [0.2, 0.25) is 0 Å². The van der Waals surface area contributed by atoms with Crippen LogP contribution in [0.1, 0.15) is 25.7 Å². The zero-order valence-corrected chi connectivity index (χ0v) is 9.88. The lowest BCUT2D eigenvalue weighted by atomic mass is 10.3. The summed E-state index contributed by atoms with van der Waals surface area (Å²) in [6.45, 7) is 2.65. The molecule has 0 radical (unpaired) electrons. The van der Waals surface area contributed by atoms with Crippen LogP contribution in [0.15, 0.2) is 0 Å². The largest absolute Gasteiger partial charge is 0.356 e. The molecule has 0 heterocycles. The van der Waals surface area contributed by atoms with Gasteiger partial charge in [0.2, 0.25) is 5.91 Å². The maximum absolute atomic E-state index is 11.3. The first-order chi connectivity index (χ1) is 7.18. The molecule has 0 saturated heterocycles. The summed E-state index contributed by atoms with van der Waals surface area (Å²) in [4.78, 5) is 13.3. The Bertz CT molecular complexity index is 190. The van der Waals surface area contributed by atoms with E-state index >= 15 is 0 Å². The van der Waals surface area contributed by atoms with Gasteiger partial charge in [0.25, 0.3) is 0 Å². The highest BCUT2D eigenvalue weighted by Crippen LogP contribution is 2.18. The minimum atomic E-state index is 0.162. The van der Waals surface area contributed by atoms with Crippen LogP contribution >= 0.6 is 0 Å². The zero-order valence-electron chi connectivity index (χ0n) is 9.88. The van der Waals surface area contributed by atoms with E-state index < -0.39 is 0 Å². The molecule has 88 valence electrons. The summed E-state index contributed by atoms with van der Waals surface area (Å²) in [5.74, 6) is 0.162. The Morgan fingerprint density at radius 3 is 2.67 bits per heavy atom. The van der Waals surface area contributed by atoms with Crippen molar-refractivity contribution >= 4 is 5.91 Å². The summed E-state index contributed by atoms with van der Waals surface area (Å²) in [5, 5.41) is 6.35. The summed E-state index contributed by atoms with van der Waals surface area (Å²) in [5.41, 5.74) is 0. The van der Waals surface area contributed by atoms with Gasteiger partial charge in [-0.1, -0.05) is 0 Å². The molecule has 2 N–H and O–H groups in total. The average Bonchev–Trinajstić information content (AvgIpc) is 2.98. The van der Waals surface area contributed by atoms with Crippen LogP contribution in [0.3, 0.4) is 0 Å². The first-order valence-corrected chi connectivity index (χ1v) is 5.83. The van der Waals surface area contributed by atoms with Crippen molar-refractivity contribution in [3.8, 4) is 0 Å². The van der Waals surface area contributed by atoms with Crippen LogP contribution in [0, 0.1) is 0 Å². The fraction of sp³-hybridized carbons (Fsp3) is 0.909. The monoisotopic (exact) mass is 213 g/mol. The van der Waals surface area contributed by atoms with Crippen molar-refractivity contribution in [2.45, 2.75) is 31.7 Å². The van der Waals surface area contributed by atoms with Gasteiger partial charge in [-0.2, -0.15) is 0 Å². The van der Waals surface area contributed by atoms with Gasteiger partial charge in [0.05, 0.1) is 0 Å². The number of hydrogen-bond donors (Lipinski definition) is 2. The van der Waals surface area contributed by atoms with Gasteiger partial charge in [-0.05, 0) is 39.9 Å². The van der Waals surface area contributed by atoms with Crippen LogP contribution in [-0.4, -0.2) is 50.6 Å². The maximum Gasteiger partial charge on any atom is 0.221 e. The van der Waals surface area contributed by atoms with Crippen molar-refractivity contribution < 1.29 is 4.79 Å². The van der Waals surface area contributed by atoms with Crippen molar-refractivity contribution in [3.63, 3.8) is 0 Å². The van der Waals surface area contributed by atoms with Crippen LogP contribution in [0.5, 0.6) is 0 Å². The van der Waals surface area contributed by atoms with Crippen LogP contribution in [0.4, 0.5) is 0 Å². The second-order valence-corrected chi connectivity index (χ2v) is 4.49. The third-order valence-electron chi connectivity index (χ3n) is 2.47. The number of carbonyl (C=O) groups is 1. The molecule has 4 heteroatoms. The molecular weight excluding hydrogens is 190 g/mol. The summed E-state index contributed by atoms with van der Waals surface area (Å²) in [6, 6.07) is 0.773. The van der Waals surface area contributed by atoms with Crippen molar-refractivity contribution in [2.24, 2.45) is 0 Å². The van der Waals surface area contributed by atoms with E-state index in [4.69, 9.17) is 0 Å². The molecule has 1 aliphatic carbocycles. The minimum absolute atomic E-state index is 0.162. The SMILES string of the molecule is CN(C)CCC(=O)NCCCNC1CC1. The van der Waals surface area contributed by atoms with Crippen LogP contribution < -0.4 is 10.6 Å². The fourth-order valence-corrected chi connectivity index (χ4v) is 1.32. The highest BCUT2D eigenvalue weighted by Gasteiger charge is 2.19. The number of nitrogens with one attached hydrogen (secondary N) is 2. The molecule has 15 heavy (non-hydrogen) atoms. The van der Waals surface area contributed by atoms with E-state index in [9.17, 15) is 4.79 Å². The molecule has 1 aliphatic rings. The van der Waals surface area contributed by atoms with Crippen molar-refractivity contribution in [1.29, 1.82) is 0 Å². The summed E-state index contributed by atoms with van der Waals surface area (Å²) in [6.07, 6.45) is 4.29. The van der Waals surface area contributed by atoms with E-state index in [0.717, 1.165) is 32.1 Å². The summed E-state index contributed by atoms with van der Waals surface area (Å²) >= 11 is 0. The Labute approximate surface area is 92.4 Å². The molecule has 0 aromatic rings. The topological polar surface area (TPSA) is 44.4 Å². The van der Waals surface area contributed by atoms with Crippen LogP contribution in [-0.2, 0) is 4.79 Å². The molecule has 1 amide bonds. The Morgan fingerprint density at radius 2 is 2.07 bits per heavy atom. The highest BCUT2D eigenvalue weighted by atomic mass is 16.1. The molecule has 0 bridgehead atoms. The van der Waals surface area contributed by atoms with E-state index in [0.29, 0.717) is 6.42 Å². The van der Waals surface area contributed by atoms with E-state index in [2.05, 4.69) is 10.6 Å². The number of amides is 1. The number of rotatable bonds is 8. The first-order valence-electron chi connectivity index (χ1n) is 5.83. The molecule has 1 fully saturated rings. The molecular formula is C11H23N3O. The second-order valence-electron chi connectivity index (χ2n) is 4.49. The van der Waals surface area contributed by atoms with Crippen molar-refractivity contribution in [2.75, 3.05) is 33.7 Å². The lowest BCUT2D eigenvalue weighted by Crippen LogP contribution is -2.30. The molecule has 0 unspecified atom stereocenters. The quantitative estimate of drug-likeness (QED) is 0.566. The Hall–Kier alpha value is -0.610. The fourth-order valence-electron chi connectivity index (χ4n) is 1.32. The van der Waals surface area contributed by atoms with Gasteiger partial charge in [-0.3, -0.25) is 4.79 Å². The van der Waals surface area contributed by atoms with E-state index in [-0.39, 0.29) is 5.91 Å². The summed E-state index contributed by atoms with van der Waals surface area (Å²) in [7, 11) is 3.96. The standard InChI is InChI=1S/C11H23N3O/c1-14(2)9-6-11(15)13-8-3-7-12-10-4-5-10/h10,12H,3-9H2,1-2H3,(H,13,15). The van der Waals surface area contributed by atoms with E-state index in [1.807, 2.05) is 19.0 Å². The predicted molar refractivity (Wildman–Crippen MR) is 61.8 cm³/mol. The van der Waals surface area contributed by atoms with Gasteiger partial charge in [0, 0.05) is 25.6 Å². The van der Waals surface area contributed by atoms with Gasteiger partial charge >= 0.3 is 0 Å². The average molecular weight is 213 g/mol. The van der Waals surface area contributed by atoms with Gasteiger partial charge in [-0.15, -0.1) is 0 Å². The normalized spacial score (nSPS) is 15.7. The van der Waals surface area contributed by atoms with Crippen molar-refractivity contribution in [3.05, 3.63) is 0 Å². The Kier molecular flexibility index (Phi) is 5.65. The first kappa shape index (κ1) is 12.5. The third kappa shape index (κ3) is 7.33. The predicted octanol–water partition coefficient (Wildman–Crippen LogP) is 0.196.